The lowest BCUT2D eigenvalue weighted by Crippen LogP contribution is -2.50. The van der Waals surface area contributed by atoms with Crippen LogP contribution in [-0.2, 0) is 19.2 Å². The zero-order valence-electron chi connectivity index (χ0n) is 18.5. The highest BCUT2D eigenvalue weighted by molar-refractivity contribution is 5.91. The first-order valence-corrected chi connectivity index (χ1v) is 10.6. The van der Waals surface area contributed by atoms with Crippen LogP contribution in [0.25, 0.3) is 0 Å². The van der Waals surface area contributed by atoms with Crippen LogP contribution in [0.15, 0.2) is 24.7 Å². The van der Waals surface area contributed by atoms with Crippen molar-refractivity contribution < 1.29 is 19.2 Å². The fourth-order valence-electron chi connectivity index (χ4n) is 2.76. The Kier molecular flexibility index (Phi) is 15.1. The molecule has 0 radical (unpaired) electrons. The average Bonchev–Trinajstić information content (AvgIpc) is 2.70. The van der Waals surface area contributed by atoms with Crippen molar-refractivity contribution in [2.24, 2.45) is 11.5 Å². The van der Waals surface area contributed by atoms with E-state index in [0.717, 1.165) is 6.42 Å². The smallest absolute Gasteiger partial charge is 0.243 e. The quantitative estimate of drug-likeness (QED) is 0.128. The highest BCUT2D eigenvalue weighted by Crippen LogP contribution is 2.07. The van der Waals surface area contributed by atoms with E-state index in [-0.39, 0.29) is 12.5 Å². The number of allylic oxidation sites excluding steroid dienone is 1. The summed E-state index contributed by atoms with van der Waals surface area (Å²) in [7, 11) is 0. The van der Waals surface area contributed by atoms with Crippen molar-refractivity contribution >= 4 is 24.0 Å². The minimum absolute atomic E-state index is 0.217. The van der Waals surface area contributed by atoms with Gasteiger partial charge in [0.1, 0.15) is 12.3 Å². The maximum absolute atomic E-state index is 12.5. The number of aldehydes is 1. The van der Waals surface area contributed by atoms with Gasteiger partial charge in [-0.05, 0) is 38.5 Å². The Balaban J connectivity index is 4.54. The Morgan fingerprint density at radius 3 is 2.23 bits per heavy atom. The van der Waals surface area contributed by atoms with E-state index in [1.54, 1.807) is 0 Å². The number of nitrogens with one attached hydrogen (secondary N) is 4. The van der Waals surface area contributed by atoms with Crippen LogP contribution in [0.5, 0.6) is 0 Å². The van der Waals surface area contributed by atoms with Crippen molar-refractivity contribution in [2.45, 2.75) is 70.4 Å². The van der Waals surface area contributed by atoms with Gasteiger partial charge in [-0.15, -0.1) is 0 Å². The molecule has 176 valence electrons. The number of nitrogens with two attached hydrogens (primary N) is 2. The van der Waals surface area contributed by atoms with Gasteiger partial charge in [-0.1, -0.05) is 26.5 Å². The molecule has 0 aliphatic rings. The second kappa shape index (κ2) is 16.7. The van der Waals surface area contributed by atoms with Crippen LogP contribution in [0.4, 0.5) is 0 Å². The minimum atomic E-state index is -0.741. The number of carbonyl (C=O) groups excluding carboxylic acids is 4. The second-order valence-corrected chi connectivity index (χ2v) is 7.40. The summed E-state index contributed by atoms with van der Waals surface area (Å²) in [6.07, 6.45) is 5.14. The Bertz CT molecular complexity index is 623. The van der Waals surface area contributed by atoms with Gasteiger partial charge in [0.25, 0.3) is 0 Å². The first-order valence-electron chi connectivity index (χ1n) is 10.6. The van der Waals surface area contributed by atoms with Crippen molar-refractivity contribution in [1.82, 2.24) is 21.3 Å². The van der Waals surface area contributed by atoms with Crippen molar-refractivity contribution in [2.75, 3.05) is 13.1 Å². The monoisotopic (exact) mass is 438 g/mol. The lowest BCUT2D eigenvalue weighted by molar-refractivity contribution is -0.130. The second-order valence-electron chi connectivity index (χ2n) is 7.40. The molecule has 10 heteroatoms. The lowest BCUT2D eigenvalue weighted by Gasteiger charge is -2.19. The van der Waals surface area contributed by atoms with Crippen LogP contribution in [0.1, 0.15) is 58.3 Å². The first kappa shape index (κ1) is 28.0. The van der Waals surface area contributed by atoms with Crippen LogP contribution in [0, 0.1) is 0 Å². The van der Waals surface area contributed by atoms with E-state index in [1.807, 2.05) is 6.92 Å². The van der Waals surface area contributed by atoms with E-state index in [0.29, 0.717) is 69.3 Å². The van der Waals surface area contributed by atoms with E-state index in [2.05, 4.69) is 34.4 Å². The molecule has 2 unspecified atom stereocenters. The first-order chi connectivity index (χ1) is 14.7. The predicted octanol–water partition coefficient (Wildman–Crippen LogP) is -0.0963. The normalized spacial score (nSPS) is 12.2. The zero-order valence-corrected chi connectivity index (χ0v) is 18.5. The van der Waals surface area contributed by atoms with E-state index in [4.69, 9.17) is 11.5 Å². The molecule has 0 heterocycles. The third-order valence-corrected chi connectivity index (χ3v) is 4.35. The Labute approximate surface area is 184 Å². The van der Waals surface area contributed by atoms with Gasteiger partial charge in [-0.25, -0.2) is 0 Å². The molecule has 0 bridgehead atoms. The van der Waals surface area contributed by atoms with Crippen molar-refractivity contribution in [3.8, 4) is 0 Å². The fraction of sp³-hybridized carbons (Fsp3) is 0.619. The van der Waals surface area contributed by atoms with Crippen LogP contribution in [-0.4, -0.2) is 49.2 Å². The molecule has 0 aliphatic heterocycles. The molecule has 3 amide bonds. The summed E-state index contributed by atoms with van der Waals surface area (Å²) in [4.78, 5) is 47.7. The number of rotatable bonds is 18. The van der Waals surface area contributed by atoms with Crippen LogP contribution in [0.3, 0.4) is 0 Å². The van der Waals surface area contributed by atoms with Crippen molar-refractivity contribution in [3.05, 3.63) is 24.7 Å². The van der Waals surface area contributed by atoms with Gasteiger partial charge in [0.05, 0.1) is 18.4 Å². The van der Waals surface area contributed by atoms with Gasteiger partial charge in [-0.3, -0.25) is 14.4 Å². The molecule has 0 saturated carbocycles. The summed E-state index contributed by atoms with van der Waals surface area (Å²) in [5, 5.41) is 10.6. The molecule has 0 aromatic heterocycles. The molecular formula is C21H38N6O4. The largest absolute Gasteiger partial charge is 0.403 e. The number of amides is 3. The lowest BCUT2D eigenvalue weighted by atomic mass is 10.1. The van der Waals surface area contributed by atoms with E-state index in [1.165, 1.54) is 0 Å². The highest BCUT2D eigenvalue weighted by Gasteiger charge is 2.21. The topological polar surface area (TPSA) is 168 Å². The molecule has 0 aromatic carbocycles. The maximum atomic E-state index is 12.5. The zero-order chi connectivity index (χ0) is 23.6. The molecule has 8 N–H and O–H groups in total. The van der Waals surface area contributed by atoms with E-state index >= 15 is 0 Å². The van der Waals surface area contributed by atoms with Crippen LogP contribution < -0.4 is 32.7 Å². The predicted molar refractivity (Wildman–Crippen MR) is 120 cm³/mol. The third-order valence-electron chi connectivity index (χ3n) is 4.35. The summed E-state index contributed by atoms with van der Waals surface area (Å²) in [5.41, 5.74) is 11.5. The van der Waals surface area contributed by atoms with Crippen molar-refractivity contribution in [3.63, 3.8) is 0 Å². The summed E-state index contributed by atoms with van der Waals surface area (Å²) < 4.78 is 0. The summed E-state index contributed by atoms with van der Waals surface area (Å²) in [6.45, 7) is 9.26. The molecule has 2 atom stereocenters. The molecule has 0 spiro atoms. The number of hydrogen-bond donors (Lipinski definition) is 6. The molecule has 10 nitrogen and oxygen atoms in total. The van der Waals surface area contributed by atoms with Gasteiger partial charge in [0.15, 0.2) is 0 Å². The van der Waals surface area contributed by atoms with Gasteiger partial charge in [-0.2, -0.15) is 0 Å². The Morgan fingerprint density at radius 2 is 1.65 bits per heavy atom. The molecule has 0 aliphatic carbocycles. The van der Waals surface area contributed by atoms with E-state index in [9.17, 15) is 19.2 Å². The molecule has 31 heavy (non-hydrogen) atoms. The summed E-state index contributed by atoms with van der Waals surface area (Å²) in [6, 6.07) is -1.41. The molecule has 0 fully saturated rings. The number of carbonyl (C=O) groups is 4. The average molecular weight is 439 g/mol. The molecular weight excluding hydrogens is 400 g/mol. The SMILES string of the molecule is C=C(N)CCCCC(NC(=O)CCC)C(=O)NCC(=O)NC(C=O)CCCNC(=C)N. The summed E-state index contributed by atoms with van der Waals surface area (Å²) >= 11 is 0. The maximum Gasteiger partial charge on any atom is 0.243 e. The van der Waals surface area contributed by atoms with Gasteiger partial charge in [0.2, 0.25) is 17.7 Å². The third kappa shape index (κ3) is 15.5. The Morgan fingerprint density at radius 1 is 0.935 bits per heavy atom. The van der Waals surface area contributed by atoms with E-state index < -0.39 is 23.9 Å². The fourth-order valence-corrected chi connectivity index (χ4v) is 2.76. The minimum Gasteiger partial charge on any atom is -0.403 e. The molecule has 0 aromatic rings. The van der Waals surface area contributed by atoms with Crippen LogP contribution in [0.2, 0.25) is 0 Å². The molecule has 0 saturated heterocycles. The van der Waals surface area contributed by atoms with Crippen LogP contribution >= 0.6 is 0 Å². The van der Waals surface area contributed by atoms with Gasteiger partial charge in [0, 0.05) is 18.7 Å². The molecule has 0 rings (SSSR count). The summed E-state index contributed by atoms with van der Waals surface area (Å²) in [5.74, 6) is -0.813. The highest BCUT2D eigenvalue weighted by atomic mass is 16.2. The van der Waals surface area contributed by atoms with Gasteiger partial charge < -0.3 is 37.5 Å². The Hall–Kier alpha value is -3.04. The standard InChI is InChI=1S/C21H38N6O4/c1-4-8-19(29)27-18(11-6-5-9-15(2)22)21(31)25-13-20(30)26-17(14-28)10-7-12-24-16(3)23/h14,17-18,24H,2-13,22-23H2,1H3,(H,25,31)(H,26,30)(H,27,29). The number of hydrogen-bond acceptors (Lipinski definition) is 7. The van der Waals surface area contributed by atoms with Gasteiger partial charge >= 0.3 is 0 Å². The number of unbranched alkanes of at least 4 members (excludes halogenated alkanes) is 1. The van der Waals surface area contributed by atoms with Crippen molar-refractivity contribution in [1.29, 1.82) is 0 Å².